The molecule has 0 aromatic heterocycles. The van der Waals surface area contributed by atoms with Crippen LogP contribution >= 0.6 is 0 Å². The van der Waals surface area contributed by atoms with Gasteiger partial charge in [-0.3, -0.25) is 18.2 Å². The molecule has 2 aromatic rings. The fourth-order valence-corrected chi connectivity index (χ4v) is 5.95. The molecule has 0 spiro atoms. The summed E-state index contributed by atoms with van der Waals surface area (Å²) in [6, 6.07) is 1.92. The zero-order valence-corrected chi connectivity index (χ0v) is 15.3. The Hall–Kier alpha value is -1.66. The van der Waals surface area contributed by atoms with Crippen LogP contribution in [-0.2, 0) is 40.5 Å². The van der Waals surface area contributed by atoms with Crippen LogP contribution in [0.25, 0.3) is 10.8 Å². The second-order valence-corrected chi connectivity index (χ2v) is 10.3. The number of hydrogen-bond donors (Lipinski definition) is 4. The summed E-state index contributed by atoms with van der Waals surface area (Å²) in [5.41, 5.74) is 0. The third kappa shape index (κ3) is 3.86. The highest BCUT2D eigenvalue weighted by atomic mass is 32.2. The van der Waals surface area contributed by atoms with Gasteiger partial charge in [-0.05, 0) is 23.6 Å². The molecule has 0 saturated heterocycles. The van der Waals surface area contributed by atoms with Crippen LogP contribution in [-0.4, -0.2) is 51.9 Å². The maximum absolute atomic E-state index is 11.6. The number of hydrogen-bond acceptors (Lipinski definition) is 8. The Morgan fingerprint density at radius 1 is 0.538 bits per heavy atom. The number of fused-ring (bicyclic) bond motifs is 1. The van der Waals surface area contributed by atoms with E-state index in [-0.39, 0.29) is 6.07 Å². The molecule has 0 saturated carbocycles. The summed E-state index contributed by atoms with van der Waals surface area (Å²) in [4.78, 5) is -5.59. The molecule has 144 valence electrons. The molecule has 0 amide bonds. The first-order valence-electron chi connectivity index (χ1n) is 5.95. The van der Waals surface area contributed by atoms with E-state index in [1.807, 2.05) is 0 Å². The second kappa shape index (κ2) is 5.92. The lowest BCUT2D eigenvalue weighted by Crippen LogP contribution is -2.12. The van der Waals surface area contributed by atoms with Gasteiger partial charge in [0.1, 0.15) is 19.6 Å². The molecule has 2 aromatic carbocycles. The zero-order valence-electron chi connectivity index (χ0n) is 12.0. The van der Waals surface area contributed by atoms with Crippen molar-refractivity contribution in [1.29, 1.82) is 0 Å². The Labute approximate surface area is 147 Å². The summed E-state index contributed by atoms with van der Waals surface area (Å²) >= 11 is 0. The number of benzene rings is 2. The van der Waals surface area contributed by atoms with E-state index >= 15 is 0 Å². The van der Waals surface area contributed by atoms with Crippen LogP contribution in [0.4, 0.5) is 0 Å². The van der Waals surface area contributed by atoms with Gasteiger partial charge in [0.2, 0.25) is 0 Å². The van der Waals surface area contributed by atoms with E-state index in [0.29, 0.717) is 12.1 Å². The van der Waals surface area contributed by atoms with Gasteiger partial charge in [-0.1, -0.05) is 6.07 Å². The van der Waals surface area contributed by atoms with Crippen molar-refractivity contribution in [1.82, 2.24) is 0 Å². The van der Waals surface area contributed by atoms with Crippen LogP contribution in [0, 0.1) is 0 Å². The lowest BCUT2D eigenvalue weighted by Gasteiger charge is -2.12. The van der Waals surface area contributed by atoms with Gasteiger partial charge in [0.05, 0.1) is 0 Å². The molecule has 26 heavy (non-hydrogen) atoms. The summed E-state index contributed by atoms with van der Waals surface area (Å²) in [6.45, 7) is 0. The molecular weight excluding hydrogens is 440 g/mol. The van der Waals surface area contributed by atoms with E-state index < -0.39 is 70.8 Å². The Morgan fingerprint density at radius 3 is 1.35 bits per heavy atom. The second-order valence-electron chi connectivity index (χ2n) is 4.81. The zero-order chi connectivity index (χ0) is 20.3. The van der Waals surface area contributed by atoms with E-state index in [1.54, 1.807) is 0 Å². The summed E-state index contributed by atoms with van der Waals surface area (Å²) in [5.74, 6) is 0. The van der Waals surface area contributed by atoms with Crippen LogP contribution < -0.4 is 0 Å². The summed E-state index contributed by atoms with van der Waals surface area (Å²) in [6.07, 6.45) is 0. The van der Waals surface area contributed by atoms with Crippen molar-refractivity contribution in [3.63, 3.8) is 0 Å². The highest BCUT2D eigenvalue weighted by molar-refractivity contribution is 7.89. The molecule has 0 aliphatic carbocycles. The largest absolute Gasteiger partial charge is 0.296 e. The van der Waals surface area contributed by atoms with E-state index in [1.165, 1.54) is 0 Å². The molecule has 0 radical (unpaired) electrons. The standard InChI is InChI=1S/C10H8O12S4/c11-23(12,13)7-2-1-5-3-8(24(14,15)16)9(25(17,18)19)4-6(5)10(7)26(20,21)22/h1-4H,(H,11,12,13)(H,14,15,16)(H,17,18,19)(H,20,21,22). The Balaban J connectivity index is 3.27. The third-order valence-corrected chi connectivity index (χ3v) is 6.99. The van der Waals surface area contributed by atoms with E-state index in [0.717, 1.165) is 6.07 Å². The van der Waals surface area contributed by atoms with Gasteiger partial charge < -0.3 is 0 Å². The summed E-state index contributed by atoms with van der Waals surface area (Å²) in [5, 5.41) is -1.31. The predicted molar refractivity (Wildman–Crippen MR) is 83.2 cm³/mol. The summed E-state index contributed by atoms with van der Waals surface area (Å²) in [7, 11) is -21.2. The van der Waals surface area contributed by atoms with Crippen molar-refractivity contribution in [2.24, 2.45) is 0 Å². The predicted octanol–water partition coefficient (Wildman–Crippen LogP) is -0.173. The van der Waals surface area contributed by atoms with Gasteiger partial charge in [-0.15, -0.1) is 0 Å². The lowest BCUT2D eigenvalue weighted by molar-refractivity contribution is 0.466. The molecule has 16 heteroatoms. The van der Waals surface area contributed by atoms with Crippen LogP contribution in [0.3, 0.4) is 0 Å². The molecule has 0 unspecified atom stereocenters. The van der Waals surface area contributed by atoms with E-state index in [9.17, 15) is 38.2 Å². The molecule has 0 heterocycles. The van der Waals surface area contributed by atoms with Crippen molar-refractivity contribution >= 4 is 51.2 Å². The van der Waals surface area contributed by atoms with Gasteiger partial charge in [-0.2, -0.15) is 33.7 Å². The maximum Gasteiger partial charge on any atom is 0.296 e. The average Bonchev–Trinajstić information content (AvgIpc) is 2.40. The minimum absolute atomic E-state index is 0.214. The Kier molecular flexibility index (Phi) is 4.71. The minimum Gasteiger partial charge on any atom is -0.282 e. The normalized spacial score (nSPS) is 13.8. The van der Waals surface area contributed by atoms with Gasteiger partial charge in [-0.25, -0.2) is 0 Å². The monoisotopic (exact) mass is 448 g/mol. The summed E-state index contributed by atoms with van der Waals surface area (Å²) < 4.78 is 128. The number of rotatable bonds is 4. The molecule has 12 nitrogen and oxygen atoms in total. The quantitative estimate of drug-likeness (QED) is 0.448. The van der Waals surface area contributed by atoms with Gasteiger partial charge in [0.15, 0.2) is 0 Å². The van der Waals surface area contributed by atoms with Gasteiger partial charge in [0.25, 0.3) is 40.5 Å². The molecule has 0 bridgehead atoms. The minimum atomic E-state index is -5.38. The molecule has 0 aliphatic rings. The van der Waals surface area contributed by atoms with Crippen LogP contribution in [0.15, 0.2) is 43.8 Å². The topological polar surface area (TPSA) is 217 Å². The third-order valence-electron chi connectivity index (χ3n) is 3.09. The average molecular weight is 448 g/mol. The fraction of sp³-hybridized carbons (Fsp3) is 0. The highest BCUT2D eigenvalue weighted by Gasteiger charge is 2.30. The molecule has 0 aliphatic heterocycles. The smallest absolute Gasteiger partial charge is 0.282 e. The molecule has 4 N–H and O–H groups in total. The molecular formula is C10H8O12S4. The van der Waals surface area contributed by atoms with Gasteiger partial charge >= 0.3 is 0 Å². The Bertz CT molecular complexity index is 1320. The maximum atomic E-state index is 11.6. The molecule has 0 fully saturated rings. The van der Waals surface area contributed by atoms with Crippen molar-refractivity contribution < 1.29 is 51.9 Å². The van der Waals surface area contributed by atoms with Crippen LogP contribution in [0.5, 0.6) is 0 Å². The fourth-order valence-electron chi connectivity index (χ4n) is 2.16. The first-order chi connectivity index (χ1) is 11.4. The van der Waals surface area contributed by atoms with Crippen LogP contribution in [0.2, 0.25) is 0 Å². The van der Waals surface area contributed by atoms with E-state index in [2.05, 4.69) is 0 Å². The molecule has 0 atom stereocenters. The SMILES string of the molecule is O=S(=O)(O)c1cc2ccc(S(=O)(=O)O)c(S(=O)(=O)O)c2cc1S(=O)(=O)O. The molecule has 2 rings (SSSR count). The first kappa shape index (κ1) is 20.6. The lowest BCUT2D eigenvalue weighted by atomic mass is 10.1. The van der Waals surface area contributed by atoms with Crippen molar-refractivity contribution in [2.45, 2.75) is 19.6 Å². The van der Waals surface area contributed by atoms with Gasteiger partial charge in [0, 0.05) is 5.39 Å². The van der Waals surface area contributed by atoms with E-state index in [4.69, 9.17) is 13.7 Å². The van der Waals surface area contributed by atoms with Crippen molar-refractivity contribution in [3.8, 4) is 0 Å². The van der Waals surface area contributed by atoms with Crippen molar-refractivity contribution in [3.05, 3.63) is 24.3 Å². The highest BCUT2D eigenvalue weighted by Crippen LogP contribution is 2.34. The Morgan fingerprint density at radius 2 is 0.962 bits per heavy atom. The van der Waals surface area contributed by atoms with Crippen molar-refractivity contribution in [2.75, 3.05) is 0 Å². The van der Waals surface area contributed by atoms with Crippen LogP contribution in [0.1, 0.15) is 0 Å². The first-order valence-corrected chi connectivity index (χ1v) is 11.7.